The van der Waals surface area contributed by atoms with Gasteiger partial charge in [0.05, 0.1) is 37.9 Å². The fourth-order valence-electron chi connectivity index (χ4n) is 5.30. The van der Waals surface area contributed by atoms with E-state index in [0.29, 0.717) is 13.0 Å². The van der Waals surface area contributed by atoms with Crippen LogP contribution in [0.1, 0.15) is 78.7 Å². The van der Waals surface area contributed by atoms with E-state index in [2.05, 4.69) is 30.1 Å². The number of carbonyl (C=O) groups excluding carboxylic acids is 1. The number of nitrogens with zero attached hydrogens (tertiary/aromatic N) is 7. The van der Waals surface area contributed by atoms with Crippen LogP contribution in [-0.4, -0.2) is 73.7 Å². The van der Waals surface area contributed by atoms with Crippen molar-refractivity contribution in [2.75, 3.05) is 18.9 Å². The Labute approximate surface area is 278 Å². The van der Waals surface area contributed by atoms with Crippen molar-refractivity contribution >= 4 is 30.8 Å². The number of rotatable bonds is 17. The number of nitrogens with one attached hydrogen (secondary N) is 1. The second kappa shape index (κ2) is 16.1. The Hall–Kier alpha value is -3.82. The van der Waals surface area contributed by atoms with Crippen LogP contribution in [0.5, 0.6) is 5.88 Å². The highest BCUT2D eigenvalue weighted by Gasteiger charge is 2.55. The summed E-state index contributed by atoms with van der Waals surface area (Å²) in [6.45, 7) is 9.98. The molecule has 7 atom stereocenters. The highest BCUT2D eigenvalue weighted by molar-refractivity contribution is 7.51. The summed E-state index contributed by atoms with van der Waals surface area (Å²) in [5.41, 5.74) is 15.0. The molecule has 1 aliphatic heterocycles. The number of ether oxygens (including phenoxy) is 3. The van der Waals surface area contributed by atoms with Gasteiger partial charge >= 0.3 is 13.7 Å². The number of benzene rings is 1. The molecule has 0 amide bonds. The lowest BCUT2D eigenvalue weighted by molar-refractivity contribution is -0.149. The Bertz CT molecular complexity index is 1640. The second-order valence-corrected chi connectivity index (χ2v) is 13.5. The largest absolute Gasteiger partial charge is 0.476 e. The molecular formula is C30H44N9O8P. The number of aliphatic hydroxyl groups excluding tert-OH is 1. The number of nitrogen functional groups attached to an aromatic ring is 1. The van der Waals surface area contributed by atoms with Crippen molar-refractivity contribution in [1.29, 1.82) is 0 Å². The molecule has 262 valence electrons. The first-order chi connectivity index (χ1) is 22.9. The van der Waals surface area contributed by atoms with Gasteiger partial charge in [-0.1, -0.05) is 55.2 Å². The maximum absolute atomic E-state index is 14.5. The number of fused-ring (bicyclic) bond motifs is 1. The van der Waals surface area contributed by atoms with Crippen molar-refractivity contribution in [3.05, 3.63) is 52.7 Å². The molecule has 4 rings (SSSR count). The summed E-state index contributed by atoms with van der Waals surface area (Å²) >= 11 is 0. The number of aromatic nitrogens is 4. The SMILES string of the molecule is CCCCC(OP(=O)(N[C@@H](C)C(=O)OC(C)C)OC[C@H]1O[C@H](n2cnc3c(OCC)nc(N)nc32)[C@](C)(N=[N+]=[N-])[C@@H]1O)c1ccccc1. The monoisotopic (exact) mass is 689 g/mol. The van der Waals surface area contributed by atoms with Crippen molar-refractivity contribution < 1.29 is 37.7 Å². The van der Waals surface area contributed by atoms with Gasteiger partial charge in [0.1, 0.15) is 17.7 Å². The minimum atomic E-state index is -4.33. The fraction of sp³-hybridized carbons (Fsp3) is 0.600. The number of imidazole rings is 1. The number of azide groups is 1. The average molecular weight is 690 g/mol. The van der Waals surface area contributed by atoms with Gasteiger partial charge in [0.2, 0.25) is 11.8 Å². The summed E-state index contributed by atoms with van der Waals surface area (Å²) in [6.07, 6.45) is -1.39. The standard InChI is InChI=1S/C30H44N9O8P/c1-7-9-15-21(20-13-11-10-12-14-20)47-48(42,36-19(5)27(41)45-18(3)4)44-16-22-24(40)30(6,37-38-32)28(46-22)39-17-33-23-25(39)34-29(31)35-26(23)43-8-2/h10-14,17-19,21-22,24,28,40H,7-9,15-16H2,1-6H3,(H,36,42)(H2,31,34,35)/t19-,21?,22+,24+,28-,30+,48?/m0/s1. The van der Waals surface area contributed by atoms with Crippen LogP contribution >= 0.6 is 7.75 Å². The average Bonchev–Trinajstić information content (AvgIpc) is 3.56. The zero-order valence-electron chi connectivity index (χ0n) is 27.9. The number of aliphatic hydroxyl groups is 1. The van der Waals surface area contributed by atoms with Gasteiger partial charge in [-0.3, -0.25) is 18.4 Å². The Morgan fingerprint density at radius 3 is 2.65 bits per heavy atom. The van der Waals surface area contributed by atoms with E-state index in [9.17, 15) is 20.0 Å². The van der Waals surface area contributed by atoms with Gasteiger partial charge in [0.25, 0.3) is 0 Å². The highest BCUT2D eigenvalue weighted by atomic mass is 31.2. The molecular weight excluding hydrogens is 645 g/mol. The number of hydrogen-bond acceptors (Lipinski definition) is 13. The van der Waals surface area contributed by atoms with E-state index in [0.717, 1.165) is 18.4 Å². The summed E-state index contributed by atoms with van der Waals surface area (Å²) in [7, 11) is -4.33. The molecule has 2 aromatic heterocycles. The molecule has 0 spiro atoms. The van der Waals surface area contributed by atoms with Gasteiger partial charge in [-0.2, -0.15) is 9.97 Å². The van der Waals surface area contributed by atoms with Crippen LogP contribution in [-0.2, 0) is 27.9 Å². The summed E-state index contributed by atoms with van der Waals surface area (Å²) in [4.78, 5) is 28.4. The van der Waals surface area contributed by atoms with Gasteiger partial charge in [0, 0.05) is 4.91 Å². The normalized spacial score (nSPS) is 23.4. The van der Waals surface area contributed by atoms with Crippen molar-refractivity contribution in [3.8, 4) is 5.88 Å². The molecule has 0 saturated carbocycles. The summed E-state index contributed by atoms with van der Waals surface area (Å²) in [5, 5.41) is 18.1. The number of carbonyl (C=O) groups is 1. The van der Waals surface area contributed by atoms with Gasteiger partial charge in [-0.05, 0) is 52.1 Å². The van der Waals surface area contributed by atoms with Crippen LogP contribution < -0.4 is 15.6 Å². The van der Waals surface area contributed by atoms with Crippen LogP contribution in [0.3, 0.4) is 0 Å². The summed E-state index contributed by atoms with van der Waals surface area (Å²) < 4.78 is 45.2. The van der Waals surface area contributed by atoms with Crippen molar-refractivity contribution in [2.24, 2.45) is 5.11 Å². The fourth-order valence-corrected chi connectivity index (χ4v) is 6.98. The quantitative estimate of drug-likeness (QED) is 0.0549. The zero-order valence-corrected chi connectivity index (χ0v) is 28.8. The molecule has 0 bridgehead atoms. The molecule has 18 heteroatoms. The van der Waals surface area contributed by atoms with Crippen LogP contribution in [0.4, 0.5) is 5.95 Å². The molecule has 0 radical (unpaired) electrons. The number of esters is 1. The molecule has 1 saturated heterocycles. The van der Waals surface area contributed by atoms with Gasteiger partial charge in [-0.15, -0.1) is 0 Å². The van der Waals surface area contributed by atoms with E-state index in [1.807, 2.05) is 37.3 Å². The van der Waals surface area contributed by atoms with Crippen LogP contribution in [0.2, 0.25) is 0 Å². The summed E-state index contributed by atoms with van der Waals surface area (Å²) in [6, 6.07) is 8.16. The maximum Gasteiger partial charge on any atom is 0.406 e. The van der Waals surface area contributed by atoms with Crippen LogP contribution in [0.25, 0.3) is 21.6 Å². The highest BCUT2D eigenvalue weighted by Crippen LogP contribution is 2.51. The summed E-state index contributed by atoms with van der Waals surface area (Å²) in [5.74, 6) is -0.606. The Morgan fingerprint density at radius 1 is 1.27 bits per heavy atom. The molecule has 1 aromatic carbocycles. The van der Waals surface area contributed by atoms with E-state index in [1.165, 1.54) is 24.7 Å². The third-order valence-electron chi connectivity index (χ3n) is 7.68. The van der Waals surface area contributed by atoms with Crippen molar-refractivity contribution in [1.82, 2.24) is 24.6 Å². The van der Waals surface area contributed by atoms with Crippen molar-refractivity contribution in [2.45, 2.75) is 103 Å². The molecule has 2 unspecified atom stereocenters. The lowest BCUT2D eigenvalue weighted by Crippen LogP contribution is -2.43. The predicted octanol–water partition coefficient (Wildman–Crippen LogP) is 5.14. The molecule has 4 N–H and O–H groups in total. The smallest absolute Gasteiger partial charge is 0.406 e. The van der Waals surface area contributed by atoms with Crippen LogP contribution in [0.15, 0.2) is 41.8 Å². The first-order valence-electron chi connectivity index (χ1n) is 15.8. The number of hydrogen-bond donors (Lipinski definition) is 3. The topological polar surface area (TPSA) is 231 Å². The Kier molecular flexibility index (Phi) is 12.4. The molecule has 48 heavy (non-hydrogen) atoms. The molecule has 3 heterocycles. The number of nitrogens with two attached hydrogens (primary N) is 1. The maximum atomic E-state index is 14.5. The third kappa shape index (κ3) is 8.42. The molecule has 3 aromatic rings. The van der Waals surface area contributed by atoms with Gasteiger partial charge in [-0.25, -0.2) is 14.6 Å². The van der Waals surface area contributed by atoms with E-state index in [4.69, 9.17) is 29.0 Å². The van der Waals surface area contributed by atoms with Gasteiger partial charge < -0.3 is 25.1 Å². The molecule has 1 fully saturated rings. The van der Waals surface area contributed by atoms with Gasteiger partial charge in [0.15, 0.2) is 17.4 Å². The molecule has 1 aliphatic rings. The van der Waals surface area contributed by atoms with Crippen LogP contribution in [0, 0.1) is 0 Å². The minimum absolute atomic E-state index is 0.0954. The predicted molar refractivity (Wildman–Crippen MR) is 176 cm³/mol. The number of anilines is 1. The first-order valence-corrected chi connectivity index (χ1v) is 17.4. The number of unbranched alkanes of at least 4 members (excludes halogenated alkanes) is 1. The van der Waals surface area contributed by atoms with E-state index in [1.54, 1.807) is 20.8 Å². The lowest BCUT2D eigenvalue weighted by Gasteiger charge is -2.29. The Morgan fingerprint density at radius 2 is 2.00 bits per heavy atom. The molecule has 17 nitrogen and oxygen atoms in total. The minimum Gasteiger partial charge on any atom is -0.476 e. The zero-order chi connectivity index (χ0) is 35.1. The third-order valence-corrected chi connectivity index (χ3v) is 9.40. The van der Waals surface area contributed by atoms with Crippen molar-refractivity contribution in [3.63, 3.8) is 0 Å². The Balaban J connectivity index is 1.66. The first kappa shape index (κ1) is 37.0. The lowest BCUT2D eigenvalue weighted by atomic mass is 9.93. The van der Waals surface area contributed by atoms with E-state index < -0.39 is 62.5 Å². The second-order valence-electron chi connectivity index (χ2n) is 11.8. The van der Waals surface area contributed by atoms with E-state index >= 15 is 0 Å². The molecule has 0 aliphatic carbocycles. The van der Waals surface area contributed by atoms with E-state index in [-0.39, 0.29) is 23.0 Å².